The number of carbonyl (C=O) groups excluding carboxylic acids is 1. The fourth-order valence-electron chi connectivity index (χ4n) is 3.32. The maximum absolute atomic E-state index is 12.5. The Balaban J connectivity index is 1.59. The lowest BCUT2D eigenvalue weighted by Crippen LogP contribution is -2.51. The molecule has 1 amide bonds. The quantitative estimate of drug-likeness (QED) is 0.793. The van der Waals surface area contributed by atoms with E-state index >= 15 is 0 Å². The van der Waals surface area contributed by atoms with Crippen LogP contribution in [0.15, 0.2) is 29.6 Å². The summed E-state index contributed by atoms with van der Waals surface area (Å²) in [6.45, 7) is 1.91. The van der Waals surface area contributed by atoms with Gasteiger partial charge in [-0.1, -0.05) is 19.3 Å². The Morgan fingerprint density at radius 2 is 2.00 bits per heavy atom. The van der Waals surface area contributed by atoms with E-state index in [0.29, 0.717) is 5.75 Å². The molecule has 3 rings (SSSR count). The van der Waals surface area contributed by atoms with Gasteiger partial charge in [-0.05, 0) is 44.0 Å². The van der Waals surface area contributed by atoms with Crippen molar-refractivity contribution in [1.29, 1.82) is 5.26 Å². The minimum atomic E-state index is -0.675. The molecule has 0 unspecified atom stereocenters. The zero-order valence-corrected chi connectivity index (χ0v) is 16.0. The summed E-state index contributed by atoms with van der Waals surface area (Å²) in [6, 6.07) is 9.95. The molecule has 1 aliphatic rings. The van der Waals surface area contributed by atoms with E-state index in [-0.39, 0.29) is 12.5 Å². The van der Waals surface area contributed by atoms with Crippen molar-refractivity contribution < 1.29 is 9.53 Å². The van der Waals surface area contributed by atoms with Crippen LogP contribution in [0.4, 0.5) is 0 Å². The Morgan fingerprint density at radius 3 is 2.58 bits per heavy atom. The predicted molar refractivity (Wildman–Crippen MR) is 102 cm³/mol. The van der Waals surface area contributed by atoms with Crippen LogP contribution in [-0.4, -0.2) is 35.0 Å². The van der Waals surface area contributed by atoms with Gasteiger partial charge in [-0.2, -0.15) is 5.26 Å². The smallest absolute Gasteiger partial charge is 0.261 e. The lowest BCUT2D eigenvalue weighted by molar-refractivity contribution is -0.137. The zero-order valence-electron chi connectivity index (χ0n) is 15.2. The molecule has 6 heteroatoms. The molecule has 0 atom stereocenters. The maximum atomic E-state index is 12.5. The number of thiazole rings is 1. The van der Waals surface area contributed by atoms with Crippen molar-refractivity contribution in [2.75, 3.05) is 13.7 Å². The van der Waals surface area contributed by atoms with Gasteiger partial charge in [0.2, 0.25) is 0 Å². The van der Waals surface area contributed by atoms with Gasteiger partial charge in [-0.3, -0.25) is 4.79 Å². The van der Waals surface area contributed by atoms with Crippen molar-refractivity contribution in [2.24, 2.45) is 0 Å². The monoisotopic (exact) mass is 369 g/mol. The minimum Gasteiger partial charge on any atom is -0.484 e. The molecule has 5 nitrogen and oxygen atoms in total. The van der Waals surface area contributed by atoms with E-state index in [0.717, 1.165) is 48.4 Å². The van der Waals surface area contributed by atoms with Gasteiger partial charge < -0.3 is 9.64 Å². The molecule has 1 aromatic carbocycles. The average Bonchev–Trinajstić information content (AvgIpc) is 3.12. The second-order valence-corrected chi connectivity index (χ2v) is 7.62. The molecule has 0 spiro atoms. The van der Waals surface area contributed by atoms with Crippen LogP contribution in [0.25, 0.3) is 10.6 Å². The minimum absolute atomic E-state index is 0.0599. The molecular weight excluding hydrogens is 346 g/mol. The third kappa shape index (κ3) is 3.88. The van der Waals surface area contributed by atoms with Crippen molar-refractivity contribution in [3.63, 3.8) is 0 Å². The van der Waals surface area contributed by atoms with Crippen LogP contribution in [0, 0.1) is 18.3 Å². The molecular formula is C20H23N3O2S. The van der Waals surface area contributed by atoms with Crippen molar-refractivity contribution in [1.82, 2.24) is 9.88 Å². The number of amides is 1. The van der Waals surface area contributed by atoms with Crippen LogP contribution >= 0.6 is 11.3 Å². The van der Waals surface area contributed by atoms with Crippen molar-refractivity contribution >= 4 is 17.2 Å². The van der Waals surface area contributed by atoms with Crippen molar-refractivity contribution in [2.45, 2.75) is 44.6 Å². The maximum Gasteiger partial charge on any atom is 0.261 e. The molecule has 1 aliphatic carbocycles. The summed E-state index contributed by atoms with van der Waals surface area (Å²) in [6.07, 6.45) is 4.60. The predicted octanol–water partition coefficient (Wildman–Crippen LogP) is 4.18. The number of nitriles is 1. The summed E-state index contributed by atoms with van der Waals surface area (Å²) in [5.41, 5.74) is 1.36. The number of carbonyl (C=O) groups is 1. The molecule has 1 saturated carbocycles. The second-order valence-electron chi connectivity index (χ2n) is 6.76. The third-order valence-electron chi connectivity index (χ3n) is 4.99. The number of ether oxygens (including phenoxy) is 1. The molecule has 0 aliphatic heterocycles. The van der Waals surface area contributed by atoms with Gasteiger partial charge in [0.25, 0.3) is 5.91 Å². The normalized spacial score (nSPS) is 15.9. The first-order valence-corrected chi connectivity index (χ1v) is 9.75. The molecule has 1 heterocycles. The first-order valence-electron chi connectivity index (χ1n) is 8.87. The Labute approximate surface area is 158 Å². The number of aryl methyl sites for hydroxylation is 1. The van der Waals surface area contributed by atoms with Crippen LogP contribution in [0.2, 0.25) is 0 Å². The first-order chi connectivity index (χ1) is 12.5. The van der Waals surface area contributed by atoms with E-state index in [1.807, 2.05) is 36.6 Å². The van der Waals surface area contributed by atoms with Gasteiger partial charge in [0.1, 0.15) is 16.3 Å². The molecule has 0 N–H and O–H groups in total. The fraction of sp³-hybridized carbons (Fsp3) is 0.450. The standard InChI is InChI=1S/C20H23N3O2S/c1-15-13-26-19(22-15)16-6-8-17(9-7-16)25-12-18(24)23(2)20(14-21)10-4-3-5-11-20/h6-9,13H,3-5,10-12H2,1-2H3. The highest BCUT2D eigenvalue weighted by atomic mass is 32.1. The Morgan fingerprint density at radius 1 is 1.31 bits per heavy atom. The van der Waals surface area contributed by atoms with Gasteiger partial charge >= 0.3 is 0 Å². The van der Waals surface area contributed by atoms with E-state index < -0.39 is 5.54 Å². The van der Waals surface area contributed by atoms with Gasteiger partial charge in [0.15, 0.2) is 6.61 Å². The topological polar surface area (TPSA) is 66.2 Å². The van der Waals surface area contributed by atoms with Gasteiger partial charge in [-0.25, -0.2) is 4.98 Å². The summed E-state index contributed by atoms with van der Waals surface area (Å²) in [5, 5.41) is 12.6. The summed E-state index contributed by atoms with van der Waals surface area (Å²) in [7, 11) is 1.72. The highest BCUT2D eigenvalue weighted by Gasteiger charge is 2.38. The molecule has 136 valence electrons. The van der Waals surface area contributed by atoms with Crippen molar-refractivity contribution in [3.05, 3.63) is 35.3 Å². The van der Waals surface area contributed by atoms with E-state index in [4.69, 9.17) is 4.74 Å². The summed E-state index contributed by atoms with van der Waals surface area (Å²) >= 11 is 1.61. The number of aromatic nitrogens is 1. The van der Waals surface area contributed by atoms with Crippen LogP contribution in [0.5, 0.6) is 5.75 Å². The Hall–Kier alpha value is -2.39. The molecule has 1 aromatic heterocycles. The van der Waals surface area contributed by atoms with Crippen LogP contribution in [-0.2, 0) is 4.79 Å². The lowest BCUT2D eigenvalue weighted by atomic mass is 9.81. The largest absolute Gasteiger partial charge is 0.484 e. The molecule has 0 radical (unpaired) electrons. The molecule has 26 heavy (non-hydrogen) atoms. The number of hydrogen-bond donors (Lipinski definition) is 0. The molecule has 1 fully saturated rings. The number of rotatable bonds is 5. The summed E-state index contributed by atoms with van der Waals surface area (Å²) < 4.78 is 5.65. The van der Waals surface area contributed by atoms with Crippen LogP contribution < -0.4 is 4.74 Å². The lowest BCUT2D eigenvalue weighted by Gasteiger charge is -2.38. The van der Waals surface area contributed by atoms with E-state index in [9.17, 15) is 10.1 Å². The Bertz CT molecular complexity index is 801. The van der Waals surface area contributed by atoms with Crippen LogP contribution in [0.1, 0.15) is 37.8 Å². The van der Waals surface area contributed by atoms with Crippen molar-refractivity contribution in [3.8, 4) is 22.4 Å². The highest BCUT2D eigenvalue weighted by molar-refractivity contribution is 7.13. The molecule has 2 aromatic rings. The molecule has 0 saturated heterocycles. The SMILES string of the molecule is Cc1csc(-c2ccc(OCC(=O)N(C)C3(C#N)CCCCC3)cc2)n1. The average molecular weight is 369 g/mol. The first kappa shape index (κ1) is 18.4. The zero-order chi connectivity index (χ0) is 18.6. The van der Waals surface area contributed by atoms with Gasteiger partial charge in [0.05, 0.1) is 6.07 Å². The number of likely N-dealkylation sites (N-methyl/N-ethyl adjacent to an activating group) is 1. The highest BCUT2D eigenvalue weighted by Crippen LogP contribution is 2.32. The number of hydrogen-bond acceptors (Lipinski definition) is 5. The summed E-state index contributed by atoms with van der Waals surface area (Å²) in [4.78, 5) is 18.6. The number of benzene rings is 1. The van der Waals surface area contributed by atoms with E-state index in [1.54, 1.807) is 23.3 Å². The van der Waals surface area contributed by atoms with E-state index in [2.05, 4.69) is 11.1 Å². The molecule has 0 bridgehead atoms. The van der Waals surface area contributed by atoms with Gasteiger partial charge in [0, 0.05) is 23.7 Å². The van der Waals surface area contributed by atoms with E-state index in [1.165, 1.54) is 0 Å². The fourth-order valence-corrected chi connectivity index (χ4v) is 4.12. The Kier molecular flexibility index (Phi) is 5.58. The van der Waals surface area contributed by atoms with Crippen LogP contribution in [0.3, 0.4) is 0 Å². The second kappa shape index (κ2) is 7.88. The third-order valence-corrected chi connectivity index (χ3v) is 6.00. The summed E-state index contributed by atoms with van der Waals surface area (Å²) in [5.74, 6) is 0.478. The van der Waals surface area contributed by atoms with Gasteiger partial charge in [-0.15, -0.1) is 11.3 Å². The number of nitrogens with zero attached hydrogens (tertiary/aromatic N) is 3.